The maximum atomic E-state index is 3.68. The summed E-state index contributed by atoms with van der Waals surface area (Å²) in [5, 5.41) is 3.40. The summed E-state index contributed by atoms with van der Waals surface area (Å²) in [5.74, 6) is 0.734. The van der Waals surface area contributed by atoms with Crippen LogP contribution < -0.4 is 5.32 Å². The molecule has 0 aliphatic carbocycles. The molecule has 0 saturated carbocycles. The molecule has 1 aliphatic heterocycles. The molecule has 1 aromatic rings. The minimum Gasteiger partial charge on any atom is -0.319 e. The fraction of sp³-hybridized carbons (Fsp3) is 0.733. The predicted molar refractivity (Wildman–Crippen MR) is 88.0 cm³/mol. The Balaban J connectivity index is 2.31. The lowest BCUT2D eigenvalue weighted by Gasteiger charge is -2.33. The Kier molecular flexibility index (Phi) is 5.87. The van der Waals surface area contributed by atoms with Crippen LogP contribution >= 0.6 is 27.3 Å². The lowest BCUT2D eigenvalue weighted by atomic mass is 9.93. The zero-order valence-electron chi connectivity index (χ0n) is 12.2. The van der Waals surface area contributed by atoms with Gasteiger partial charge in [0.2, 0.25) is 0 Å². The number of nitrogens with one attached hydrogen (secondary N) is 1. The molecule has 0 bridgehead atoms. The molecule has 1 aliphatic rings. The second-order valence-corrected chi connectivity index (χ2v) is 7.58. The topological polar surface area (TPSA) is 15.3 Å². The summed E-state index contributed by atoms with van der Waals surface area (Å²) in [4.78, 5) is 5.61. The number of hydrogen-bond donors (Lipinski definition) is 1. The minimum absolute atomic E-state index is 0.593. The Morgan fingerprint density at radius 2 is 2.26 bits per heavy atom. The monoisotopic (exact) mass is 344 g/mol. The van der Waals surface area contributed by atoms with E-state index in [4.69, 9.17) is 0 Å². The van der Waals surface area contributed by atoms with Crippen LogP contribution in [0.15, 0.2) is 10.5 Å². The number of hydrogen-bond acceptors (Lipinski definition) is 3. The van der Waals surface area contributed by atoms with Crippen LogP contribution in [0.2, 0.25) is 0 Å². The van der Waals surface area contributed by atoms with Gasteiger partial charge in [0.15, 0.2) is 0 Å². The first-order valence-corrected chi connectivity index (χ1v) is 8.92. The van der Waals surface area contributed by atoms with Crippen molar-refractivity contribution in [3.63, 3.8) is 0 Å². The van der Waals surface area contributed by atoms with Gasteiger partial charge in [-0.2, -0.15) is 0 Å². The largest absolute Gasteiger partial charge is 0.319 e. The molecule has 4 heteroatoms. The van der Waals surface area contributed by atoms with E-state index in [1.165, 1.54) is 40.0 Å². The zero-order valence-corrected chi connectivity index (χ0v) is 14.6. The smallest absolute Gasteiger partial charge is 0.0482 e. The Hall–Kier alpha value is 0.1000. The summed E-state index contributed by atoms with van der Waals surface area (Å²) >= 11 is 5.64. The van der Waals surface area contributed by atoms with Gasteiger partial charge in [-0.05, 0) is 74.4 Å². The van der Waals surface area contributed by atoms with Gasteiger partial charge in [0.25, 0.3) is 0 Å². The van der Waals surface area contributed by atoms with Crippen molar-refractivity contribution in [3.8, 4) is 0 Å². The lowest BCUT2D eigenvalue weighted by molar-refractivity contribution is 0.165. The highest BCUT2D eigenvalue weighted by Crippen LogP contribution is 2.40. The highest BCUT2D eigenvalue weighted by molar-refractivity contribution is 9.10. The van der Waals surface area contributed by atoms with Crippen molar-refractivity contribution in [2.45, 2.75) is 39.2 Å². The molecule has 2 rings (SSSR count). The predicted octanol–water partition coefficient (Wildman–Crippen LogP) is 4.20. The fourth-order valence-corrected chi connectivity index (χ4v) is 4.98. The van der Waals surface area contributed by atoms with E-state index in [9.17, 15) is 0 Å². The molecule has 1 saturated heterocycles. The molecular weight excluding hydrogens is 320 g/mol. The number of aryl methyl sites for hydroxylation is 1. The van der Waals surface area contributed by atoms with E-state index in [0.29, 0.717) is 6.04 Å². The minimum atomic E-state index is 0.593. The van der Waals surface area contributed by atoms with Crippen molar-refractivity contribution in [1.29, 1.82) is 0 Å². The number of nitrogens with zero attached hydrogens (tertiary/aromatic N) is 1. The molecule has 1 N–H and O–H groups in total. The van der Waals surface area contributed by atoms with Crippen LogP contribution in [0.1, 0.15) is 42.0 Å². The molecule has 0 radical (unpaired) electrons. The fourth-order valence-electron chi connectivity index (χ4n) is 3.19. The summed E-state index contributed by atoms with van der Waals surface area (Å²) in [6, 6.07) is 2.94. The van der Waals surface area contributed by atoms with Gasteiger partial charge < -0.3 is 5.32 Å². The first-order chi connectivity index (χ1) is 9.17. The summed E-state index contributed by atoms with van der Waals surface area (Å²) in [5.41, 5.74) is 0. The van der Waals surface area contributed by atoms with Crippen LogP contribution in [0.3, 0.4) is 0 Å². The third kappa shape index (κ3) is 3.60. The van der Waals surface area contributed by atoms with Crippen molar-refractivity contribution in [2.24, 2.45) is 5.92 Å². The first kappa shape index (κ1) is 15.5. The van der Waals surface area contributed by atoms with E-state index in [1.807, 2.05) is 11.3 Å². The van der Waals surface area contributed by atoms with Crippen LogP contribution in [0, 0.1) is 12.8 Å². The summed E-state index contributed by atoms with van der Waals surface area (Å²) in [6.07, 6.45) is 4.05. The molecular formula is C15H25BrN2S. The SMILES string of the molecule is CCN1CCCCC(CNC)C1c1cc(Br)c(C)s1. The van der Waals surface area contributed by atoms with Crippen LogP contribution in [0.5, 0.6) is 0 Å². The second-order valence-electron chi connectivity index (χ2n) is 5.44. The van der Waals surface area contributed by atoms with E-state index in [1.54, 1.807) is 0 Å². The second kappa shape index (κ2) is 7.21. The van der Waals surface area contributed by atoms with Crippen LogP contribution in [0.4, 0.5) is 0 Å². The molecule has 19 heavy (non-hydrogen) atoms. The lowest BCUT2D eigenvalue weighted by Crippen LogP contribution is -2.35. The molecule has 108 valence electrons. The van der Waals surface area contributed by atoms with Gasteiger partial charge in [0.1, 0.15) is 0 Å². The quantitative estimate of drug-likeness (QED) is 0.880. The van der Waals surface area contributed by atoms with Gasteiger partial charge >= 0.3 is 0 Å². The Labute approximate surface area is 129 Å². The molecule has 1 aromatic heterocycles. The summed E-state index contributed by atoms with van der Waals surface area (Å²) in [7, 11) is 2.08. The van der Waals surface area contributed by atoms with Gasteiger partial charge in [-0.15, -0.1) is 11.3 Å². The molecule has 0 aromatic carbocycles. The molecule has 2 nitrogen and oxygen atoms in total. The highest BCUT2D eigenvalue weighted by atomic mass is 79.9. The van der Waals surface area contributed by atoms with E-state index >= 15 is 0 Å². The van der Waals surface area contributed by atoms with E-state index in [-0.39, 0.29) is 0 Å². The van der Waals surface area contributed by atoms with Crippen LogP contribution in [-0.4, -0.2) is 31.6 Å². The summed E-state index contributed by atoms with van der Waals surface area (Å²) in [6.45, 7) is 8.02. The van der Waals surface area contributed by atoms with Crippen molar-refractivity contribution < 1.29 is 0 Å². The van der Waals surface area contributed by atoms with Crippen molar-refractivity contribution in [2.75, 3.05) is 26.7 Å². The van der Waals surface area contributed by atoms with Crippen LogP contribution in [0.25, 0.3) is 0 Å². The number of rotatable bonds is 4. The molecule has 2 unspecified atom stereocenters. The van der Waals surface area contributed by atoms with E-state index < -0.39 is 0 Å². The van der Waals surface area contributed by atoms with Crippen molar-refractivity contribution in [3.05, 3.63) is 20.3 Å². The standard InChI is InChI=1S/C15H25BrN2S/c1-4-18-8-6-5-7-12(10-17-3)15(18)14-9-13(16)11(2)19-14/h9,12,15,17H,4-8,10H2,1-3H3. The van der Waals surface area contributed by atoms with Gasteiger partial charge in [0.05, 0.1) is 0 Å². The van der Waals surface area contributed by atoms with Crippen LogP contribution in [-0.2, 0) is 0 Å². The van der Waals surface area contributed by atoms with Gasteiger partial charge in [-0.3, -0.25) is 4.90 Å². The maximum Gasteiger partial charge on any atom is 0.0482 e. The number of thiophene rings is 1. The average Bonchev–Trinajstić information content (AvgIpc) is 2.62. The third-order valence-electron chi connectivity index (χ3n) is 4.15. The number of likely N-dealkylation sites (tertiary alicyclic amines) is 1. The normalized spacial score (nSPS) is 25.5. The summed E-state index contributed by atoms with van der Waals surface area (Å²) < 4.78 is 1.27. The zero-order chi connectivity index (χ0) is 13.8. The maximum absolute atomic E-state index is 3.68. The third-order valence-corrected chi connectivity index (χ3v) is 6.36. The highest BCUT2D eigenvalue weighted by Gasteiger charge is 2.31. The first-order valence-electron chi connectivity index (χ1n) is 7.31. The van der Waals surface area contributed by atoms with Gasteiger partial charge in [-0.1, -0.05) is 13.3 Å². The van der Waals surface area contributed by atoms with E-state index in [2.05, 4.69) is 53.1 Å². The van der Waals surface area contributed by atoms with E-state index in [0.717, 1.165) is 19.0 Å². The molecule has 0 spiro atoms. The molecule has 2 heterocycles. The van der Waals surface area contributed by atoms with Crippen molar-refractivity contribution in [1.82, 2.24) is 10.2 Å². The Morgan fingerprint density at radius 1 is 1.47 bits per heavy atom. The molecule has 1 fully saturated rings. The average molecular weight is 345 g/mol. The van der Waals surface area contributed by atoms with Crippen molar-refractivity contribution >= 4 is 27.3 Å². The Bertz CT molecular complexity index is 385. The molecule has 2 atom stereocenters. The van der Waals surface area contributed by atoms with Gasteiger partial charge in [-0.25, -0.2) is 0 Å². The van der Waals surface area contributed by atoms with Gasteiger partial charge in [0, 0.05) is 20.3 Å². The Morgan fingerprint density at radius 3 is 2.84 bits per heavy atom. The number of halogens is 1. The molecule has 0 amide bonds.